The number of carboxylic acid groups (broad SMARTS) is 1. The first kappa shape index (κ1) is 14.4. The minimum Gasteiger partial charge on any atom is -0.478 e. The fourth-order valence-electron chi connectivity index (χ4n) is 1.41. The summed E-state index contributed by atoms with van der Waals surface area (Å²) in [4.78, 5) is 14.7. The molecule has 0 amide bonds. The van der Waals surface area contributed by atoms with E-state index in [4.69, 9.17) is 16.7 Å². The van der Waals surface area contributed by atoms with Crippen molar-refractivity contribution in [3.8, 4) is 11.3 Å². The summed E-state index contributed by atoms with van der Waals surface area (Å²) in [6, 6.07) is 6.81. The number of aromatic nitrogens is 1. The third kappa shape index (κ3) is 2.97. The van der Waals surface area contributed by atoms with Crippen LogP contribution in [-0.2, 0) is 0 Å². The average molecular weight is 288 g/mol. The van der Waals surface area contributed by atoms with Crippen LogP contribution in [0.4, 0.5) is 4.39 Å². The topological polar surface area (TPSA) is 50.2 Å². The van der Waals surface area contributed by atoms with E-state index >= 15 is 0 Å². The molecule has 3 nitrogen and oxygen atoms in total. The van der Waals surface area contributed by atoms with E-state index < -0.39 is 11.8 Å². The van der Waals surface area contributed by atoms with Crippen molar-refractivity contribution in [2.24, 2.45) is 0 Å². The quantitative estimate of drug-likeness (QED) is 0.917. The lowest BCUT2D eigenvalue weighted by Crippen LogP contribution is -1.98. The molecular formula is C12H8Cl2FNO2. The van der Waals surface area contributed by atoms with Crippen LogP contribution in [0.5, 0.6) is 0 Å². The number of pyridine rings is 1. The largest absolute Gasteiger partial charge is 0.478 e. The van der Waals surface area contributed by atoms with Gasteiger partial charge < -0.3 is 5.11 Å². The number of carboxylic acids is 1. The predicted octanol–water partition coefficient (Wildman–Crippen LogP) is 3.66. The smallest absolute Gasteiger partial charge is 0.335 e. The second kappa shape index (κ2) is 5.80. The maximum Gasteiger partial charge on any atom is 0.335 e. The molecule has 0 aliphatic heterocycles. The van der Waals surface area contributed by atoms with Crippen LogP contribution in [0, 0.1) is 5.82 Å². The highest BCUT2D eigenvalue weighted by Gasteiger charge is 2.10. The van der Waals surface area contributed by atoms with Gasteiger partial charge in [-0.25, -0.2) is 9.18 Å². The molecule has 0 atom stereocenters. The summed E-state index contributed by atoms with van der Waals surface area (Å²) in [5, 5.41) is 9.11. The monoisotopic (exact) mass is 287 g/mol. The molecule has 1 aromatic carbocycles. The Morgan fingerprint density at radius 3 is 2.61 bits per heavy atom. The van der Waals surface area contributed by atoms with Crippen molar-refractivity contribution in [2.75, 3.05) is 0 Å². The molecule has 18 heavy (non-hydrogen) atoms. The van der Waals surface area contributed by atoms with Gasteiger partial charge >= 0.3 is 5.97 Å². The van der Waals surface area contributed by atoms with Crippen LogP contribution in [0.2, 0.25) is 5.02 Å². The second-order valence-corrected chi connectivity index (χ2v) is 3.80. The lowest BCUT2D eigenvalue weighted by molar-refractivity contribution is 0.0697. The fraction of sp³-hybridized carbons (Fsp3) is 0. The van der Waals surface area contributed by atoms with Gasteiger partial charge in [-0.3, -0.25) is 4.98 Å². The molecule has 0 saturated carbocycles. The van der Waals surface area contributed by atoms with Crippen LogP contribution in [0.1, 0.15) is 10.4 Å². The van der Waals surface area contributed by atoms with Crippen molar-refractivity contribution in [1.29, 1.82) is 0 Å². The van der Waals surface area contributed by atoms with E-state index in [-0.39, 0.29) is 34.3 Å². The normalized spacial score (nSPS) is 9.67. The third-order valence-electron chi connectivity index (χ3n) is 2.21. The van der Waals surface area contributed by atoms with Gasteiger partial charge in [0.05, 0.1) is 11.3 Å². The molecule has 1 aromatic heterocycles. The molecule has 0 fully saturated rings. The first-order valence-corrected chi connectivity index (χ1v) is 5.10. The average Bonchev–Trinajstić information content (AvgIpc) is 2.29. The SMILES string of the molecule is Cl.O=C(O)c1ccnc(-c2ccc(Cl)cc2F)c1. The molecule has 2 aromatic rings. The van der Waals surface area contributed by atoms with E-state index in [1.54, 1.807) is 0 Å². The highest BCUT2D eigenvalue weighted by atomic mass is 35.5. The summed E-state index contributed by atoms with van der Waals surface area (Å²) in [5.41, 5.74) is 0.543. The molecule has 0 spiro atoms. The molecule has 0 aliphatic rings. The Balaban J connectivity index is 0.00000162. The van der Waals surface area contributed by atoms with Crippen molar-refractivity contribution in [3.63, 3.8) is 0 Å². The number of hydrogen-bond acceptors (Lipinski definition) is 2. The van der Waals surface area contributed by atoms with Crippen LogP contribution < -0.4 is 0 Å². The zero-order chi connectivity index (χ0) is 12.4. The van der Waals surface area contributed by atoms with Crippen LogP contribution >= 0.6 is 24.0 Å². The molecule has 0 saturated heterocycles. The number of aromatic carboxylic acids is 1. The lowest BCUT2D eigenvalue weighted by atomic mass is 10.1. The standard InChI is InChI=1S/C12H7ClFNO2.ClH/c13-8-1-2-9(10(14)6-8)11-5-7(12(16)17)3-4-15-11;/h1-6H,(H,16,17);1H. The number of hydrogen-bond donors (Lipinski definition) is 1. The van der Waals surface area contributed by atoms with Gasteiger partial charge in [0, 0.05) is 16.8 Å². The van der Waals surface area contributed by atoms with Gasteiger partial charge in [-0.1, -0.05) is 11.6 Å². The summed E-state index contributed by atoms with van der Waals surface area (Å²) >= 11 is 5.63. The van der Waals surface area contributed by atoms with Gasteiger partial charge in [0.15, 0.2) is 0 Å². The zero-order valence-electron chi connectivity index (χ0n) is 8.93. The van der Waals surface area contributed by atoms with Gasteiger partial charge in [-0.05, 0) is 30.3 Å². The summed E-state index contributed by atoms with van der Waals surface area (Å²) in [7, 11) is 0. The van der Waals surface area contributed by atoms with E-state index in [0.29, 0.717) is 0 Å². The van der Waals surface area contributed by atoms with Crippen molar-refractivity contribution >= 4 is 30.0 Å². The van der Waals surface area contributed by atoms with Crippen molar-refractivity contribution in [3.05, 3.63) is 52.9 Å². The first-order chi connectivity index (χ1) is 8.08. The highest BCUT2D eigenvalue weighted by Crippen LogP contribution is 2.24. The first-order valence-electron chi connectivity index (χ1n) is 4.72. The second-order valence-electron chi connectivity index (χ2n) is 3.36. The molecule has 0 radical (unpaired) electrons. The summed E-state index contributed by atoms with van der Waals surface area (Å²) in [6.07, 6.45) is 1.33. The molecule has 0 bridgehead atoms. The predicted molar refractivity (Wildman–Crippen MR) is 68.8 cm³/mol. The molecule has 0 aliphatic carbocycles. The molecular weight excluding hydrogens is 280 g/mol. The molecule has 1 N–H and O–H groups in total. The Labute approximate surface area is 114 Å². The van der Waals surface area contributed by atoms with Crippen LogP contribution in [-0.4, -0.2) is 16.1 Å². The van der Waals surface area contributed by atoms with E-state index in [9.17, 15) is 9.18 Å². The highest BCUT2D eigenvalue weighted by molar-refractivity contribution is 6.30. The Bertz CT molecular complexity index is 590. The Kier molecular flexibility index (Phi) is 4.64. The van der Waals surface area contributed by atoms with Gasteiger partial charge in [-0.15, -0.1) is 12.4 Å². The van der Waals surface area contributed by atoms with Crippen LogP contribution in [0.15, 0.2) is 36.5 Å². The summed E-state index contributed by atoms with van der Waals surface area (Å²) < 4.78 is 13.6. The van der Waals surface area contributed by atoms with Crippen molar-refractivity contribution in [1.82, 2.24) is 4.98 Å². The van der Waals surface area contributed by atoms with E-state index in [0.717, 1.165) is 6.07 Å². The van der Waals surface area contributed by atoms with Crippen molar-refractivity contribution < 1.29 is 14.3 Å². The molecule has 94 valence electrons. The molecule has 0 unspecified atom stereocenters. The van der Waals surface area contributed by atoms with E-state index in [2.05, 4.69) is 4.98 Å². The summed E-state index contributed by atoms with van der Waals surface area (Å²) in [5.74, 6) is -1.62. The number of halogens is 3. The van der Waals surface area contributed by atoms with E-state index in [1.807, 2.05) is 0 Å². The maximum absolute atomic E-state index is 13.6. The number of carbonyl (C=O) groups is 1. The molecule has 1 heterocycles. The van der Waals surface area contributed by atoms with Gasteiger partial charge in [0.25, 0.3) is 0 Å². The zero-order valence-corrected chi connectivity index (χ0v) is 10.5. The Morgan fingerprint density at radius 1 is 1.28 bits per heavy atom. The number of benzene rings is 1. The minimum atomic E-state index is -1.08. The van der Waals surface area contributed by atoms with Crippen LogP contribution in [0.25, 0.3) is 11.3 Å². The fourth-order valence-corrected chi connectivity index (χ4v) is 1.57. The number of nitrogens with zero attached hydrogens (tertiary/aromatic N) is 1. The van der Waals surface area contributed by atoms with Gasteiger partial charge in [0.1, 0.15) is 5.82 Å². The van der Waals surface area contributed by atoms with Gasteiger partial charge in [-0.2, -0.15) is 0 Å². The Morgan fingerprint density at radius 2 is 2.00 bits per heavy atom. The molecule has 2 rings (SSSR count). The minimum absolute atomic E-state index is 0. The summed E-state index contributed by atoms with van der Waals surface area (Å²) in [6.45, 7) is 0. The number of rotatable bonds is 2. The van der Waals surface area contributed by atoms with Crippen LogP contribution in [0.3, 0.4) is 0 Å². The lowest BCUT2D eigenvalue weighted by Gasteiger charge is -2.03. The van der Waals surface area contributed by atoms with Crippen molar-refractivity contribution in [2.45, 2.75) is 0 Å². The maximum atomic E-state index is 13.6. The van der Waals surface area contributed by atoms with Gasteiger partial charge in [0.2, 0.25) is 0 Å². The van der Waals surface area contributed by atoms with E-state index in [1.165, 1.54) is 30.5 Å². The third-order valence-corrected chi connectivity index (χ3v) is 2.45. The molecule has 6 heteroatoms. The Hall–Kier alpha value is -1.65.